The molecule has 3 N–H and O–H groups in total. The van der Waals surface area contributed by atoms with Gasteiger partial charge in [0.15, 0.2) is 5.96 Å². The lowest BCUT2D eigenvalue weighted by Gasteiger charge is -2.40. The molecule has 1 amide bonds. The number of carbonyl (C=O) groups is 1. The summed E-state index contributed by atoms with van der Waals surface area (Å²) in [6, 6.07) is 5.62. The molecule has 0 aromatic heterocycles. The first-order valence-electron chi connectivity index (χ1n) is 10.7. The topological polar surface area (TPSA) is 80.0 Å². The van der Waals surface area contributed by atoms with E-state index in [-0.39, 0.29) is 11.8 Å². The summed E-state index contributed by atoms with van der Waals surface area (Å²) in [4.78, 5) is 17.8. The Hall–Kier alpha value is -2.29. The van der Waals surface area contributed by atoms with Crippen molar-refractivity contribution in [2.75, 3.05) is 39.9 Å². The number of amides is 1. The predicted molar refractivity (Wildman–Crippen MR) is 113 cm³/mol. The largest absolute Gasteiger partial charge is 0.416 e. The van der Waals surface area contributed by atoms with Crippen LogP contribution in [0, 0.1) is 5.92 Å². The van der Waals surface area contributed by atoms with Crippen LogP contribution in [0.3, 0.4) is 0 Å². The van der Waals surface area contributed by atoms with Gasteiger partial charge in [-0.2, -0.15) is 13.2 Å². The van der Waals surface area contributed by atoms with Gasteiger partial charge in [-0.25, -0.2) is 0 Å². The van der Waals surface area contributed by atoms with Crippen LogP contribution in [-0.2, 0) is 21.1 Å². The number of piperidine rings is 1. The molecule has 1 unspecified atom stereocenters. The molecule has 6 nitrogen and oxygen atoms in total. The zero-order valence-electron chi connectivity index (χ0n) is 17.9. The molecule has 0 radical (unpaired) electrons. The molecule has 1 aromatic rings. The fourth-order valence-electron chi connectivity index (χ4n) is 4.64. The van der Waals surface area contributed by atoms with Gasteiger partial charge in [0.05, 0.1) is 5.56 Å². The van der Waals surface area contributed by atoms with E-state index in [9.17, 15) is 18.0 Å². The van der Waals surface area contributed by atoms with Crippen LogP contribution in [0.15, 0.2) is 29.3 Å². The fraction of sp³-hybridized carbons (Fsp3) is 0.636. The number of benzene rings is 1. The standard InChI is InChI=1S/C22H31F3N4O2/c1-27-20(29-9-3-4-16(14-29)12-19(26)30)28-15-21(7-10-31-11-8-21)17-5-2-6-18(13-17)22(23,24)25/h2,5-6,13,16H,3-4,7-12,14-15H2,1H3,(H2,26,30)(H,27,28). The quantitative estimate of drug-likeness (QED) is 0.545. The summed E-state index contributed by atoms with van der Waals surface area (Å²) >= 11 is 0. The Bertz CT molecular complexity index is 791. The SMILES string of the molecule is CN=C(NCC1(c2cccc(C(F)(F)F)c2)CCOCC1)N1CCCC(CC(N)=O)C1. The highest BCUT2D eigenvalue weighted by molar-refractivity contribution is 5.80. The van der Waals surface area contributed by atoms with E-state index in [0.717, 1.165) is 25.5 Å². The monoisotopic (exact) mass is 440 g/mol. The van der Waals surface area contributed by atoms with Gasteiger partial charge in [-0.1, -0.05) is 18.2 Å². The van der Waals surface area contributed by atoms with Crippen LogP contribution in [0.1, 0.15) is 43.2 Å². The molecule has 2 saturated heterocycles. The van der Waals surface area contributed by atoms with Gasteiger partial charge < -0.3 is 20.7 Å². The Morgan fingerprint density at radius 1 is 1.35 bits per heavy atom. The van der Waals surface area contributed by atoms with Gasteiger partial charge in [-0.05, 0) is 43.2 Å². The summed E-state index contributed by atoms with van der Waals surface area (Å²) in [6.07, 6.45) is -0.896. The molecule has 0 aliphatic carbocycles. The minimum Gasteiger partial charge on any atom is -0.381 e. The Morgan fingerprint density at radius 3 is 2.74 bits per heavy atom. The van der Waals surface area contributed by atoms with Gasteiger partial charge >= 0.3 is 6.18 Å². The van der Waals surface area contributed by atoms with Crippen molar-refractivity contribution in [3.8, 4) is 0 Å². The van der Waals surface area contributed by atoms with Crippen molar-refractivity contribution in [1.82, 2.24) is 10.2 Å². The number of halogens is 3. The maximum atomic E-state index is 13.3. The zero-order valence-corrected chi connectivity index (χ0v) is 17.9. The van der Waals surface area contributed by atoms with E-state index >= 15 is 0 Å². The molecule has 2 aliphatic rings. The minimum atomic E-state index is -4.38. The highest BCUT2D eigenvalue weighted by Gasteiger charge is 2.38. The second kappa shape index (κ2) is 9.89. The lowest BCUT2D eigenvalue weighted by atomic mass is 9.73. The third kappa shape index (κ3) is 5.90. The highest BCUT2D eigenvalue weighted by Crippen LogP contribution is 2.38. The lowest BCUT2D eigenvalue weighted by Crippen LogP contribution is -2.51. The summed E-state index contributed by atoms with van der Waals surface area (Å²) in [7, 11) is 1.70. The van der Waals surface area contributed by atoms with Crippen LogP contribution in [0.4, 0.5) is 13.2 Å². The number of guanidine groups is 1. The number of nitrogens with two attached hydrogens (primary N) is 1. The fourth-order valence-corrected chi connectivity index (χ4v) is 4.64. The summed E-state index contributed by atoms with van der Waals surface area (Å²) in [5, 5.41) is 3.40. The molecule has 172 valence electrons. The number of aliphatic imine (C=N–C) groups is 1. The van der Waals surface area contributed by atoms with Gasteiger partial charge in [0, 0.05) is 51.7 Å². The van der Waals surface area contributed by atoms with E-state index in [1.165, 1.54) is 12.1 Å². The van der Waals surface area contributed by atoms with Crippen LogP contribution in [-0.4, -0.2) is 56.7 Å². The first kappa shape index (κ1) is 23.4. The number of hydrogen-bond donors (Lipinski definition) is 2. The second-order valence-corrected chi connectivity index (χ2v) is 8.50. The number of hydrogen-bond acceptors (Lipinski definition) is 3. The van der Waals surface area contributed by atoms with E-state index in [2.05, 4.69) is 15.2 Å². The van der Waals surface area contributed by atoms with Crippen molar-refractivity contribution in [3.63, 3.8) is 0 Å². The number of likely N-dealkylation sites (tertiary alicyclic amines) is 1. The second-order valence-electron chi connectivity index (χ2n) is 8.50. The van der Waals surface area contributed by atoms with Crippen molar-refractivity contribution < 1.29 is 22.7 Å². The smallest absolute Gasteiger partial charge is 0.381 e. The third-order valence-electron chi connectivity index (χ3n) is 6.36. The summed E-state index contributed by atoms with van der Waals surface area (Å²) < 4.78 is 45.4. The molecule has 0 saturated carbocycles. The van der Waals surface area contributed by atoms with E-state index in [0.29, 0.717) is 57.1 Å². The Labute approximate surface area is 181 Å². The molecule has 31 heavy (non-hydrogen) atoms. The number of ether oxygens (including phenoxy) is 1. The van der Waals surface area contributed by atoms with Gasteiger partial charge in [-0.3, -0.25) is 9.79 Å². The molecule has 3 rings (SSSR count). The highest BCUT2D eigenvalue weighted by atomic mass is 19.4. The number of rotatable bonds is 5. The number of nitrogens with one attached hydrogen (secondary N) is 1. The molecule has 2 heterocycles. The van der Waals surface area contributed by atoms with Crippen LogP contribution in [0.2, 0.25) is 0 Å². The molecule has 1 aromatic carbocycles. The maximum Gasteiger partial charge on any atom is 0.416 e. The van der Waals surface area contributed by atoms with Gasteiger partial charge in [0.25, 0.3) is 0 Å². The Kier molecular flexibility index (Phi) is 7.46. The first-order chi connectivity index (χ1) is 14.7. The molecule has 9 heteroatoms. The normalized spacial score (nSPS) is 22.3. The van der Waals surface area contributed by atoms with Gasteiger partial charge in [0.1, 0.15) is 0 Å². The molecular formula is C22H31F3N4O2. The Balaban J connectivity index is 1.76. The van der Waals surface area contributed by atoms with E-state index < -0.39 is 17.2 Å². The average molecular weight is 441 g/mol. The lowest BCUT2D eigenvalue weighted by molar-refractivity contribution is -0.137. The summed E-state index contributed by atoms with van der Waals surface area (Å²) in [5.41, 5.74) is 4.92. The first-order valence-corrected chi connectivity index (χ1v) is 10.7. The maximum absolute atomic E-state index is 13.3. The molecule has 0 bridgehead atoms. The molecule has 1 atom stereocenters. The van der Waals surface area contributed by atoms with Crippen molar-refractivity contribution in [2.24, 2.45) is 16.6 Å². The Morgan fingerprint density at radius 2 is 2.10 bits per heavy atom. The van der Waals surface area contributed by atoms with E-state index in [1.54, 1.807) is 13.1 Å². The summed E-state index contributed by atoms with van der Waals surface area (Å²) in [6.45, 7) is 2.96. The van der Waals surface area contributed by atoms with Gasteiger partial charge in [-0.15, -0.1) is 0 Å². The number of nitrogens with zero attached hydrogens (tertiary/aromatic N) is 2. The van der Waals surface area contributed by atoms with Crippen LogP contribution < -0.4 is 11.1 Å². The van der Waals surface area contributed by atoms with E-state index in [4.69, 9.17) is 10.5 Å². The summed E-state index contributed by atoms with van der Waals surface area (Å²) in [5.74, 6) is 0.581. The molecule has 0 spiro atoms. The predicted octanol–water partition coefficient (Wildman–Crippen LogP) is 2.92. The van der Waals surface area contributed by atoms with Crippen molar-refractivity contribution in [3.05, 3.63) is 35.4 Å². The zero-order chi connectivity index (χ0) is 22.5. The van der Waals surface area contributed by atoms with Crippen molar-refractivity contribution >= 4 is 11.9 Å². The van der Waals surface area contributed by atoms with Crippen LogP contribution >= 0.6 is 0 Å². The number of primary amides is 1. The molecule has 2 aliphatic heterocycles. The molecule has 2 fully saturated rings. The minimum absolute atomic E-state index is 0.185. The van der Waals surface area contributed by atoms with Crippen LogP contribution in [0.5, 0.6) is 0 Å². The number of alkyl halides is 3. The van der Waals surface area contributed by atoms with E-state index in [1.807, 2.05) is 0 Å². The van der Waals surface area contributed by atoms with Crippen molar-refractivity contribution in [2.45, 2.75) is 43.7 Å². The van der Waals surface area contributed by atoms with Crippen molar-refractivity contribution in [1.29, 1.82) is 0 Å². The van der Waals surface area contributed by atoms with Crippen LogP contribution in [0.25, 0.3) is 0 Å². The third-order valence-corrected chi connectivity index (χ3v) is 6.36. The number of carbonyl (C=O) groups excluding carboxylic acids is 1. The molecular weight excluding hydrogens is 409 g/mol. The van der Waals surface area contributed by atoms with Gasteiger partial charge in [0.2, 0.25) is 5.91 Å². The average Bonchev–Trinajstić information content (AvgIpc) is 2.74.